The topological polar surface area (TPSA) is 64.6 Å². The van der Waals surface area contributed by atoms with E-state index in [0.29, 0.717) is 10.1 Å². The Balaban J connectivity index is 2.03. The first-order chi connectivity index (χ1) is 7.65. The van der Waals surface area contributed by atoms with Crippen LogP contribution in [0.1, 0.15) is 0 Å². The SMILES string of the molecule is O=C(O)N1C=C(Sc2ccc(Cl)cc2)NN1. The zero-order chi connectivity index (χ0) is 11.5. The minimum absolute atomic E-state index is 0.669. The van der Waals surface area contributed by atoms with E-state index in [-0.39, 0.29) is 0 Å². The average Bonchev–Trinajstić information content (AvgIpc) is 2.70. The number of nitrogens with one attached hydrogen (secondary N) is 2. The standard InChI is InChI=1S/C9H8ClN3O2S/c10-6-1-3-7(4-2-6)16-8-5-13(9(14)15)12-11-8/h1-5,11-12H,(H,14,15). The first-order valence-corrected chi connectivity index (χ1v) is 5.53. The van der Waals surface area contributed by atoms with Gasteiger partial charge >= 0.3 is 6.09 Å². The molecule has 0 fully saturated rings. The second-order valence-corrected chi connectivity index (χ2v) is 4.49. The molecule has 0 bridgehead atoms. The number of halogens is 1. The number of carbonyl (C=O) groups is 1. The maximum atomic E-state index is 10.6. The van der Waals surface area contributed by atoms with E-state index in [1.54, 1.807) is 12.1 Å². The Kier molecular flexibility index (Phi) is 3.23. The third-order valence-electron chi connectivity index (χ3n) is 1.79. The van der Waals surface area contributed by atoms with Gasteiger partial charge in [-0.15, -0.1) is 5.53 Å². The fourth-order valence-electron chi connectivity index (χ4n) is 1.08. The van der Waals surface area contributed by atoms with Crippen molar-refractivity contribution in [2.45, 2.75) is 4.90 Å². The fourth-order valence-corrected chi connectivity index (χ4v) is 1.99. The van der Waals surface area contributed by atoms with Crippen LogP contribution >= 0.6 is 23.4 Å². The molecule has 2 rings (SSSR count). The Morgan fingerprint density at radius 3 is 2.62 bits per heavy atom. The third kappa shape index (κ3) is 2.60. The van der Waals surface area contributed by atoms with E-state index >= 15 is 0 Å². The van der Waals surface area contributed by atoms with Crippen molar-refractivity contribution < 1.29 is 9.90 Å². The molecule has 0 atom stereocenters. The van der Waals surface area contributed by atoms with Gasteiger partial charge in [0, 0.05) is 9.92 Å². The molecule has 7 heteroatoms. The van der Waals surface area contributed by atoms with Crippen LogP contribution in [0.3, 0.4) is 0 Å². The monoisotopic (exact) mass is 257 g/mol. The Hall–Kier alpha value is -1.37. The molecule has 0 unspecified atom stereocenters. The van der Waals surface area contributed by atoms with Crippen LogP contribution in [0.2, 0.25) is 5.02 Å². The summed E-state index contributed by atoms with van der Waals surface area (Å²) in [5.74, 6) is 0. The molecule has 0 saturated heterocycles. The predicted molar refractivity (Wildman–Crippen MR) is 61.5 cm³/mol. The maximum absolute atomic E-state index is 10.6. The molecule has 0 radical (unpaired) electrons. The van der Waals surface area contributed by atoms with Crippen LogP contribution in [-0.2, 0) is 0 Å². The number of carboxylic acid groups (broad SMARTS) is 1. The number of rotatable bonds is 2. The predicted octanol–water partition coefficient (Wildman–Crippen LogP) is 2.23. The second kappa shape index (κ2) is 4.65. The van der Waals surface area contributed by atoms with Crippen LogP contribution in [0.25, 0.3) is 0 Å². The lowest BCUT2D eigenvalue weighted by Gasteiger charge is -2.06. The van der Waals surface area contributed by atoms with Gasteiger partial charge in [-0.2, -0.15) is 5.01 Å². The quantitative estimate of drug-likeness (QED) is 0.758. The van der Waals surface area contributed by atoms with Crippen molar-refractivity contribution in [3.05, 3.63) is 40.5 Å². The second-order valence-electron chi connectivity index (χ2n) is 2.94. The molecule has 0 saturated carbocycles. The Morgan fingerprint density at radius 1 is 1.38 bits per heavy atom. The summed E-state index contributed by atoms with van der Waals surface area (Å²) >= 11 is 7.16. The molecule has 84 valence electrons. The minimum Gasteiger partial charge on any atom is -0.464 e. The van der Waals surface area contributed by atoms with Crippen molar-refractivity contribution >= 4 is 29.5 Å². The first kappa shape index (κ1) is 11.1. The highest BCUT2D eigenvalue weighted by Gasteiger charge is 2.17. The normalized spacial score (nSPS) is 14.6. The molecular weight excluding hydrogens is 250 g/mol. The lowest BCUT2D eigenvalue weighted by molar-refractivity contribution is 0.145. The van der Waals surface area contributed by atoms with Gasteiger partial charge in [-0.1, -0.05) is 23.4 Å². The Morgan fingerprint density at radius 2 is 2.06 bits per heavy atom. The highest BCUT2D eigenvalue weighted by molar-refractivity contribution is 8.03. The zero-order valence-corrected chi connectivity index (χ0v) is 9.55. The third-order valence-corrected chi connectivity index (χ3v) is 2.98. The number of hydrogen-bond acceptors (Lipinski definition) is 4. The molecule has 16 heavy (non-hydrogen) atoms. The van der Waals surface area contributed by atoms with Crippen LogP contribution in [0.5, 0.6) is 0 Å². The molecule has 1 aliphatic rings. The van der Waals surface area contributed by atoms with E-state index < -0.39 is 6.09 Å². The molecule has 0 aromatic heterocycles. The van der Waals surface area contributed by atoms with Crippen molar-refractivity contribution in [2.75, 3.05) is 0 Å². The average molecular weight is 258 g/mol. The number of thioether (sulfide) groups is 1. The van der Waals surface area contributed by atoms with Crippen molar-refractivity contribution in [1.29, 1.82) is 0 Å². The molecule has 1 aromatic rings. The maximum Gasteiger partial charge on any atom is 0.427 e. The highest BCUT2D eigenvalue weighted by atomic mass is 35.5. The van der Waals surface area contributed by atoms with E-state index in [1.807, 2.05) is 12.1 Å². The lowest BCUT2D eigenvalue weighted by atomic mass is 10.4. The molecule has 5 nitrogen and oxygen atoms in total. The van der Waals surface area contributed by atoms with Gasteiger partial charge in [0.25, 0.3) is 0 Å². The van der Waals surface area contributed by atoms with E-state index in [2.05, 4.69) is 11.0 Å². The van der Waals surface area contributed by atoms with Crippen LogP contribution in [-0.4, -0.2) is 16.2 Å². The van der Waals surface area contributed by atoms with Crippen molar-refractivity contribution in [1.82, 2.24) is 16.0 Å². The van der Waals surface area contributed by atoms with E-state index in [0.717, 1.165) is 9.90 Å². The summed E-state index contributed by atoms with van der Waals surface area (Å²) in [5.41, 5.74) is 5.22. The van der Waals surface area contributed by atoms with Gasteiger partial charge in [0.05, 0.1) is 6.20 Å². The van der Waals surface area contributed by atoms with Gasteiger partial charge in [-0.25, -0.2) is 4.79 Å². The van der Waals surface area contributed by atoms with E-state index in [4.69, 9.17) is 16.7 Å². The van der Waals surface area contributed by atoms with Crippen LogP contribution in [0.4, 0.5) is 4.79 Å². The highest BCUT2D eigenvalue weighted by Crippen LogP contribution is 2.27. The molecule has 1 aromatic carbocycles. The van der Waals surface area contributed by atoms with E-state index in [1.165, 1.54) is 18.0 Å². The number of nitrogens with zero attached hydrogens (tertiary/aromatic N) is 1. The van der Waals surface area contributed by atoms with Crippen LogP contribution < -0.4 is 11.0 Å². The molecule has 0 aliphatic carbocycles. The summed E-state index contributed by atoms with van der Waals surface area (Å²) in [6, 6.07) is 7.28. The number of benzene rings is 1. The van der Waals surface area contributed by atoms with Crippen molar-refractivity contribution in [3.63, 3.8) is 0 Å². The summed E-state index contributed by atoms with van der Waals surface area (Å²) in [5, 5.41) is 11.0. The summed E-state index contributed by atoms with van der Waals surface area (Å²) < 4.78 is 0. The largest absolute Gasteiger partial charge is 0.464 e. The van der Waals surface area contributed by atoms with Gasteiger partial charge in [-0.05, 0) is 24.3 Å². The van der Waals surface area contributed by atoms with Crippen LogP contribution in [0, 0.1) is 0 Å². The van der Waals surface area contributed by atoms with Gasteiger partial charge in [-0.3, -0.25) is 5.43 Å². The smallest absolute Gasteiger partial charge is 0.427 e. The lowest BCUT2D eigenvalue weighted by Crippen LogP contribution is -2.39. The molecule has 0 spiro atoms. The molecule has 1 heterocycles. The summed E-state index contributed by atoms with van der Waals surface area (Å²) in [6.07, 6.45) is 0.390. The van der Waals surface area contributed by atoms with Crippen LogP contribution in [0.15, 0.2) is 40.4 Å². The first-order valence-electron chi connectivity index (χ1n) is 4.34. The van der Waals surface area contributed by atoms with Gasteiger partial charge in [0.1, 0.15) is 5.03 Å². The summed E-state index contributed by atoms with van der Waals surface area (Å²) in [7, 11) is 0. The Labute approximate surface area is 101 Å². The molecule has 3 N–H and O–H groups in total. The van der Waals surface area contributed by atoms with Crippen molar-refractivity contribution in [3.8, 4) is 0 Å². The summed E-state index contributed by atoms with van der Waals surface area (Å²) in [4.78, 5) is 11.6. The zero-order valence-electron chi connectivity index (χ0n) is 7.98. The van der Waals surface area contributed by atoms with Crippen molar-refractivity contribution in [2.24, 2.45) is 0 Å². The number of hydrazine groups is 2. The fraction of sp³-hybridized carbons (Fsp3) is 0. The number of amides is 1. The molecule has 1 amide bonds. The van der Waals surface area contributed by atoms with Gasteiger partial charge in [0.15, 0.2) is 0 Å². The molecule has 1 aliphatic heterocycles. The minimum atomic E-state index is -1.07. The van der Waals surface area contributed by atoms with Gasteiger partial charge < -0.3 is 5.11 Å². The number of hydrogen-bond donors (Lipinski definition) is 3. The van der Waals surface area contributed by atoms with E-state index in [9.17, 15) is 4.79 Å². The van der Waals surface area contributed by atoms with Gasteiger partial charge in [0.2, 0.25) is 0 Å². The molecular formula is C9H8ClN3O2S. The summed E-state index contributed by atoms with van der Waals surface area (Å²) in [6.45, 7) is 0. The Bertz CT molecular complexity index is 435.